The first-order chi connectivity index (χ1) is 10.7. The summed E-state index contributed by atoms with van der Waals surface area (Å²) in [5, 5.41) is 2.71. The van der Waals surface area contributed by atoms with E-state index in [4.69, 9.17) is 16.3 Å². The highest BCUT2D eigenvalue weighted by Gasteiger charge is 2.17. The number of amides is 1. The van der Waals surface area contributed by atoms with Gasteiger partial charge in [-0.25, -0.2) is 12.8 Å². The molecule has 0 aliphatic heterocycles. The summed E-state index contributed by atoms with van der Waals surface area (Å²) in [6.07, 6.45) is 0.994. The summed E-state index contributed by atoms with van der Waals surface area (Å²) in [7, 11) is -2.15. The fourth-order valence-corrected chi connectivity index (χ4v) is 2.68. The van der Waals surface area contributed by atoms with Crippen LogP contribution in [0.1, 0.15) is 10.4 Å². The van der Waals surface area contributed by atoms with Crippen LogP contribution >= 0.6 is 11.6 Å². The minimum Gasteiger partial charge on any atom is -0.496 e. The third kappa shape index (κ3) is 4.00. The van der Waals surface area contributed by atoms with Crippen molar-refractivity contribution in [2.24, 2.45) is 0 Å². The quantitative estimate of drug-likeness (QED) is 0.853. The van der Waals surface area contributed by atoms with E-state index in [9.17, 15) is 17.6 Å². The topological polar surface area (TPSA) is 72.5 Å². The molecule has 0 aliphatic rings. The molecule has 2 aromatic carbocycles. The molecule has 1 amide bonds. The molecule has 0 radical (unpaired) electrons. The second-order valence-electron chi connectivity index (χ2n) is 4.71. The summed E-state index contributed by atoms with van der Waals surface area (Å²) in [5.41, 5.74) is -0.101. The van der Waals surface area contributed by atoms with E-state index in [1.807, 2.05) is 0 Å². The van der Waals surface area contributed by atoms with Gasteiger partial charge >= 0.3 is 0 Å². The predicted molar refractivity (Wildman–Crippen MR) is 85.5 cm³/mol. The molecule has 0 atom stereocenters. The monoisotopic (exact) mass is 357 g/mol. The van der Waals surface area contributed by atoms with E-state index in [0.717, 1.165) is 24.5 Å². The van der Waals surface area contributed by atoms with E-state index < -0.39 is 21.6 Å². The van der Waals surface area contributed by atoms with Gasteiger partial charge in [-0.05, 0) is 36.4 Å². The maximum atomic E-state index is 13.8. The van der Waals surface area contributed by atoms with Crippen molar-refractivity contribution in [2.75, 3.05) is 18.7 Å². The van der Waals surface area contributed by atoms with E-state index in [1.54, 1.807) is 0 Å². The predicted octanol–water partition coefficient (Wildman–Crippen LogP) is 3.14. The van der Waals surface area contributed by atoms with Gasteiger partial charge in [-0.15, -0.1) is 0 Å². The average molecular weight is 358 g/mol. The number of nitrogens with one attached hydrogen (secondary N) is 1. The number of ether oxygens (including phenoxy) is 1. The second kappa shape index (κ2) is 6.55. The Hall–Kier alpha value is -2.12. The van der Waals surface area contributed by atoms with Crippen LogP contribution in [-0.2, 0) is 9.84 Å². The third-order valence-electron chi connectivity index (χ3n) is 3.02. The third-order valence-corrected chi connectivity index (χ3v) is 4.37. The molecule has 23 heavy (non-hydrogen) atoms. The maximum Gasteiger partial charge on any atom is 0.259 e. The van der Waals surface area contributed by atoms with E-state index in [-0.39, 0.29) is 21.9 Å². The van der Waals surface area contributed by atoms with Gasteiger partial charge in [0.25, 0.3) is 5.91 Å². The number of halogens is 2. The molecule has 1 N–H and O–H groups in total. The molecule has 122 valence electrons. The van der Waals surface area contributed by atoms with Crippen molar-refractivity contribution < 1.29 is 22.3 Å². The fraction of sp³-hybridized carbons (Fsp3) is 0.133. The van der Waals surface area contributed by atoms with Crippen molar-refractivity contribution in [1.82, 2.24) is 0 Å². The Bertz CT molecular complexity index is 868. The molecular formula is C15H13ClFNO4S. The Labute approximate surface area is 138 Å². The van der Waals surface area contributed by atoms with Gasteiger partial charge in [-0.1, -0.05) is 11.6 Å². The number of methoxy groups -OCH3 is 1. The van der Waals surface area contributed by atoms with Crippen LogP contribution in [0, 0.1) is 5.82 Å². The number of hydrogen-bond donors (Lipinski definition) is 1. The van der Waals surface area contributed by atoms with Crippen LogP contribution in [0.25, 0.3) is 0 Å². The summed E-state index contributed by atoms with van der Waals surface area (Å²) >= 11 is 5.82. The van der Waals surface area contributed by atoms with Gasteiger partial charge in [0.15, 0.2) is 9.84 Å². The molecule has 0 spiro atoms. The van der Waals surface area contributed by atoms with Gasteiger partial charge in [-0.3, -0.25) is 4.79 Å². The molecule has 0 aliphatic carbocycles. The number of benzene rings is 2. The van der Waals surface area contributed by atoms with Crippen molar-refractivity contribution in [3.63, 3.8) is 0 Å². The van der Waals surface area contributed by atoms with Gasteiger partial charge < -0.3 is 10.1 Å². The summed E-state index contributed by atoms with van der Waals surface area (Å²) in [6.45, 7) is 0. The average Bonchev–Trinajstić information content (AvgIpc) is 2.48. The smallest absolute Gasteiger partial charge is 0.259 e. The minimum atomic E-state index is -3.52. The number of hydrogen-bond acceptors (Lipinski definition) is 4. The van der Waals surface area contributed by atoms with Crippen LogP contribution in [0.3, 0.4) is 0 Å². The molecule has 0 bridgehead atoms. The highest BCUT2D eigenvalue weighted by Crippen LogP contribution is 2.25. The number of carbonyl (C=O) groups is 1. The van der Waals surface area contributed by atoms with E-state index in [1.165, 1.54) is 25.3 Å². The highest BCUT2D eigenvalue weighted by molar-refractivity contribution is 7.90. The number of carbonyl (C=O) groups excluding carboxylic acids is 1. The van der Waals surface area contributed by atoms with Crippen LogP contribution in [0.4, 0.5) is 10.1 Å². The zero-order valence-corrected chi connectivity index (χ0v) is 13.8. The first-order valence-corrected chi connectivity index (χ1v) is 8.64. The molecule has 0 fully saturated rings. The fourth-order valence-electron chi connectivity index (χ4n) is 1.87. The van der Waals surface area contributed by atoms with Gasteiger partial charge in [0, 0.05) is 11.3 Å². The zero-order valence-electron chi connectivity index (χ0n) is 12.3. The number of rotatable bonds is 4. The van der Waals surface area contributed by atoms with Crippen LogP contribution in [-0.4, -0.2) is 27.7 Å². The van der Waals surface area contributed by atoms with Gasteiger partial charge in [-0.2, -0.15) is 0 Å². The molecule has 2 rings (SSSR count). The Balaban J connectivity index is 2.38. The van der Waals surface area contributed by atoms with Crippen LogP contribution in [0.2, 0.25) is 5.02 Å². The van der Waals surface area contributed by atoms with Crippen LogP contribution in [0.5, 0.6) is 5.75 Å². The Morgan fingerprint density at radius 2 is 1.91 bits per heavy atom. The molecule has 8 heteroatoms. The van der Waals surface area contributed by atoms with E-state index in [2.05, 4.69) is 5.32 Å². The Morgan fingerprint density at radius 3 is 2.52 bits per heavy atom. The molecular weight excluding hydrogens is 345 g/mol. The molecule has 0 aromatic heterocycles. The maximum absolute atomic E-state index is 13.8. The number of anilines is 1. The van der Waals surface area contributed by atoms with Crippen LogP contribution in [0.15, 0.2) is 41.3 Å². The largest absolute Gasteiger partial charge is 0.496 e. The molecule has 0 heterocycles. The lowest BCUT2D eigenvalue weighted by Gasteiger charge is -2.11. The molecule has 0 unspecified atom stereocenters. The van der Waals surface area contributed by atoms with Gasteiger partial charge in [0.2, 0.25) is 0 Å². The lowest BCUT2D eigenvalue weighted by atomic mass is 10.2. The molecule has 5 nitrogen and oxygen atoms in total. The van der Waals surface area contributed by atoms with Crippen molar-refractivity contribution in [3.05, 3.63) is 52.8 Å². The van der Waals surface area contributed by atoms with Gasteiger partial charge in [0.1, 0.15) is 11.6 Å². The summed E-state index contributed by atoms with van der Waals surface area (Å²) < 4.78 is 41.9. The van der Waals surface area contributed by atoms with E-state index in [0.29, 0.717) is 5.02 Å². The molecule has 0 saturated carbocycles. The summed E-state index contributed by atoms with van der Waals surface area (Å²) in [4.78, 5) is 12.2. The van der Waals surface area contributed by atoms with Crippen LogP contribution < -0.4 is 10.1 Å². The Morgan fingerprint density at radius 1 is 1.22 bits per heavy atom. The van der Waals surface area contributed by atoms with Crippen molar-refractivity contribution >= 4 is 33.0 Å². The standard InChI is InChI=1S/C15H13ClFNO4S/c1-22-14-7-9(16)3-5-11(14)15(19)18-13-8-10(23(2,20)21)4-6-12(13)17/h3-8H,1-2H3,(H,18,19). The normalized spacial score (nSPS) is 11.1. The number of sulfone groups is 1. The van der Waals surface area contributed by atoms with E-state index >= 15 is 0 Å². The summed E-state index contributed by atoms with van der Waals surface area (Å²) in [6, 6.07) is 7.52. The Kier molecular flexibility index (Phi) is 4.91. The minimum absolute atomic E-state index is 0.0997. The first kappa shape index (κ1) is 17.2. The van der Waals surface area contributed by atoms with Crippen molar-refractivity contribution in [1.29, 1.82) is 0 Å². The highest BCUT2D eigenvalue weighted by atomic mass is 35.5. The lowest BCUT2D eigenvalue weighted by molar-refractivity contribution is 0.102. The van der Waals surface area contributed by atoms with Gasteiger partial charge in [0.05, 0.1) is 23.3 Å². The summed E-state index contributed by atoms with van der Waals surface area (Å²) in [5.74, 6) is -1.18. The molecule has 2 aromatic rings. The first-order valence-electron chi connectivity index (χ1n) is 6.37. The van der Waals surface area contributed by atoms with Crippen molar-refractivity contribution in [2.45, 2.75) is 4.90 Å². The zero-order chi connectivity index (χ0) is 17.2. The SMILES string of the molecule is COc1cc(Cl)ccc1C(=O)Nc1cc(S(C)(=O)=O)ccc1F. The lowest BCUT2D eigenvalue weighted by Crippen LogP contribution is -2.14. The second-order valence-corrected chi connectivity index (χ2v) is 7.16. The molecule has 0 saturated heterocycles. The van der Waals surface area contributed by atoms with Crippen molar-refractivity contribution in [3.8, 4) is 5.75 Å².